The third-order valence-corrected chi connectivity index (χ3v) is 8.15. The average molecular weight is 289 g/mol. The molecule has 4 aliphatic rings. The minimum atomic E-state index is -0.0883. The third kappa shape index (κ3) is 1.84. The van der Waals surface area contributed by atoms with Crippen molar-refractivity contribution >= 4 is 0 Å². The number of nitrogens with two attached hydrogens (primary N) is 1. The van der Waals surface area contributed by atoms with Gasteiger partial charge >= 0.3 is 0 Å². The Kier molecular flexibility index (Phi) is 3.11. The van der Waals surface area contributed by atoms with Crippen LogP contribution in [0.3, 0.4) is 0 Å². The van der Waals surface area contributed by atoms with Crippen molar-refractivity contribution < 1.29 is 5.11 Å². The summed E-state index contributed by atoms with van der Waals surface area (Å²) >= 11 is 0. The van der Waals surface area contributed by atoms with Crippen molar-refractivity contribution in [2.24, 2.45) is 34.3 Å². The molecule has 3 saturated carbocycles. The van der Waals surface area contributed by atoms with E-state index in [2.05, 4.69) is 19.9 Å². The molecule has 3 fully saturated rings. The van der Waals surface area contributed by atoms with Crippen molar-refractivity contribution in [1.29, 1.82) is 0 Å². The first-order chi connectivity index (χ1) is 9.95. The van der Waals surface area contributed by atoms with Crippen molar-refractivity contribution in [3.05, 3.63) is 11.6 Å². The number of fused-ring (bicyclic) bond motifs is 5. The van der Waals surface area contributed by atoms with E-state index < -0.39 is 0 Å². The van der Waals surface area contributed by atoms with Crippen LogP contribution in [0.2, 0.25) is 0 Å². The molecule has 0 spiro atoms. The van der Waals surface area contributed by atoms with E-state index in [9.17, 15) is 5.11 Å². The Labute approximate surface area is 129 Å². The summed E-state index contributed by atoms with van der Waals surface area (Å²) in [7, 11) is 0. The Bertz CT molecular complexity index is 472. The zero-order valence-corrected chi connectivity index (χ0v) is 13.6. The summed E-state index contributed by atoms with van der Waals surface area (Å²) in [6.45, 7) is 4.97. The molecule has 0 heterocycles. The van der Waals surface area contributed by atoms with Gasteiger partial charge in [-0.25, -0.2) is 0 Å². The van der Waals surface area contributed by atoms with E-state index in [0.29, 0.717) is 16.9 Å². The molecular formula is C19H31NO. The second-order valence-electron chi connectivity index (χ2n) is 8.88. The lowest BCUT2D eigenvalue weighted by Crippen LogP contribution is -2.52. The van der Waals surface area contributed by atoms with Crippen LogP contribution in [-0.2, 0) is 0 Å². The van der Waals surface area contributed by atoms with Gasteiger partial charge in [0.1, 0.15) is 0 Å². The molecule has 0 saturated heterocycles. The number of rotatable bonds is 0. The summed E-state index contributed by atoms with van der Waals surface area (Å²) < 4.78 is 0. The van der Waals surface area contributed by atoms with Gasteiger partial charge in [-0.1, -0.05) is 25.5 Å². The molecule has 0 amide bonds. The summed E-state index contributed by atoms with van der Waals surface area (Å²) in [6, 6.07) is 0.426. The van der Waals surface area contributed by atoms with Gasteiger partial charge < -0.3 is 10.8 Å². The van der Waals surface area contributed by atoms with Crippen LogP contribution < -0.4 is 5.73 Å². The van der Waals surface area contributed by atoms with Crippen LogP contribution in [0.25, 0.3) is 0 Å². The first-order valence-electron chi connectivity index (χ1n) is 9.08. The van der Waals surface area contributed by atoms with Crippen LogP contribution in [0.4, 0.5) is 0 Å². The number of hydrogen-bond acceptors (Lipinski definition) is 2. The van der Waals surface area contributed by atoms with Crippen LogP contribution in [0.1, 0.15) is 65.2 Å². The van der Waals surface area contributed by atoms with Gasteiger partial charge in [0.05, 0.1) is 6.10 Å². The van der Waals surface area contributed by atoms with Crippen molar-refractivity contribution in [1.82, 2.24) is 0 Å². The van der Waals surface area contributed by atoms with E-state index in [-0.39, 0.29) is 6.10 Å². The monoisotopic (exact) mass is 289 g/mol. The molecule has 0 radical (unpaired) electrons. The first kappa shape index (κ1) is 14.3. The molecule has 5 unspecified atom stereocenters. The Morgan fingerprint density at radius 2 is 1.90 bits per heavy atom. The fourth-order valence-corrected chi connectivity index (χ4v) is 6.68. The van der Waals surface area contributed by atoms with Crippen LogP contribution in [0.5, 0.6) is 0 Å². The summed E-state index contributed by atoms with van der Waals surface area (Å²) in [4.78, 5) is 0. The fraction of sp³-hybridized carbons (Fsp3) is 0.895. The van der Waals surface area contributed by atoms with Crippen LogP contribution in [0, 0.1) is 28.6 Å². The quantitative estimate of drug-likeness (QED) is 0.669. The molecule has 0 aromatic heterocycles. The second kappa shape index (κ2) is 4.58. The largest absolute Gasteiger partial charge is 0.393 e. The number of aliphatic hydroxyl groups is 1. The minimum Gasteiger partial charge on any atom is -0.393 e. The van der Waals surface area contributed by atoms with Gasteiger partial charge in [-0.3, -0.25) is 0 Å². The molecule has 3 N–H and O–H groups in total. The molecule has 0 aromatic carbocycles. The van der Waals surface area contributed by atoms with Gasteiger partial charge in [0.2, 0.25) is 0 Å². The highest BCUT2D eigenvalue weighted by molar-refractivity contribution is 5.25. The fourth-order valence-electron chi connectivity index (χ4n) is 6.68. The summed E-state index contributed by atoms with van der Waals surface area (Å²) in [6.07, 6.45) is 12.1. The SMILES string of the molecule is C[C@]12CCC3C(CC=C4CC(O)CC[C@@]43C)C1CCC2N. The van der Waals surface area contributed by atoms with E-state index in [4.69, 9.17) is 5.73 Å². The predicted octanol–water partition coefficient (Wildman–Crippen LogP) is 3.64. The topological polar surface area (TPSA) is 46.2 Å². The van der Waals surface area contributed by atoms with E-state index in [1.807, 2.05) is 0 Å². The minimum absolute atomic E-state index is 0.0883. The van der Waals surface area contributed by atoms with E-state index in [1.165, 1.54) is 38.5 Å². The highest BCUT2D eigenvalue weighted by atomic mass is 16.3. The molecule has 0 aliphatic heterocycles. The van der Waals surface area contributed by atoms with Gasteiger partial charge in [0.25, 0.3) is 0 Å². The molecule has 0 aromatic rings. The van der Waals surface area contributed by atoms with Crippen LogP contribution in [-0.4, -0.2) is 17.3 Å². The summed E-state index contributed by atoms with van der Waals surface area (Å²) in [5.74, 6) is 2.53. The summed E-state index contributed by atoms with van der Waals surface area (Å²) in [5.41, 5.74) is 8.83. The van der Waals surface area contributed by atoms with Crippen LogP contribution in [0.15, 0.2) is 11.6 Å². The molecule has 2 heteroatoms. The smallest absolute Gasteiger partial charge is 0.0577 e. The predicted molar refractivity (Wildman–Crippen MR) is 85.7 cm³/mol. The van der Waals surface area contributed by atoms with E-state index >= 15 is 0 Å². The van der Waals surface area contributed by atoms with Crippen molar-refractivity contribution in [3.63, 3.8) is 0 Å². The molecule has 0 bridgehead atoms. The Balaban J connectivity index is 1.68. The van der Waals surface area contributed by atoms with Gasteiger partial charge in [-0.05, 0) is 80.0 Å². The van der Waals surface area contributed by atoms with Gasteiger partial charge in [-0.2, -0.15) is 0 Å². The highest BCUT2D eigenvalue weighted by Crippen LogP contribution is 2.64. The normalized spacial score (nSPS) is 56.2. The maximum Gasteiger partial charge on any atom is 0.0577 e. The molecule has 7 atom stereocenters. The number of allylic oxidation sites excluding steroid dienone is 1. The summed E-state index contributed by atoms with van der Waals surface area (Å²) in [5, 5.41) is 10.0. The molecule has 4 aliphatic carbocycles. The van der Waals surface area contributed by atoms with Gasteiger partial charge in [-0.15, -0.1) is 0 Å². The van der Waals surface area contributed by atoms with Crippen molar-refractivity contribution in [2.75, 3.05) is 0 Å². The highest BCUT2D eigenvalue weighted by Gasteiger charge is 2.57. The zero-order chi connectivity index (χ0) is 14.8. The maximum atomic E-state index is 10.0. The molecule has 2 nitrogen and oxygen atoms in total. The second-order valence-corrected chi connectivity index (χ2v) is 8.88. The zero-order valence-electron chi connectivity index (χ0n) is 13.6. The van der Waals surface area contributed by atoms with Gasteiger partial charge in [0.15, 0.2) is 0 Å². The number of hydrogen-bond donors (Lipinski definition) is 2. The Morgan fingerprint density at radius 3 is 2.71 bits per heavy atom. The Morgan fingerprint density at radius 1 is 1.10 bits per heavy atom. The number of aliphatic hydroxyl groups excluding tert-OH is 1. The lowest BCUT2D eigenvalue weighted by Gasteiger charge is -2.57. The molecule has 21 heavy (non-hydrogen) atoms. The van der Waals surface area contributed by atoms with E-state index in [0.717, 1.165) is 30.6 Å². The van der Waals surface area contributed by atoms with Gasteiger partial charge in [0, 0.05) is 6.04 Å². The van der Waals surface area contributed by atoms with Crippen molar-refractivity contribution in [2.45, 2.75) is 77.4 Å². The lowest BCUT2D eigenvalue weighted by molar-refractivity contribution is -0.0401. The lowest BCUT2D eigenvalue weighted by atomic mass is 9.48. The standard InChI is InChI=1S/C19H31NO/c1-18-9-7-13(21)11-12(18)3-4-14-15-5-6-17(20)19(15,2)10-8-16(14)18/h3,13-17,21H,4-11,20H2,1-2H3/t13?,14?,15?,16?,17?,18-,19-/m0/s1. The van der Waals surface area contributed by atoms with Crippen molar-refractivity contribution in [3.8, 4) is 0 Å². The molecular weight excluding hydrogens is 258 g/mol. The average Bonchev–Trinajstić information content (AvgIpc) is 2.76. The van der Waals surface area contributed by atoms with Crippen LogP contribution >= 0.6 is 0 Å². The Hall–Kier alpha value is -0.340. The maximum absolute atomic E-state index is 10.0. The molecule has 4 rings (SSSR count). The van der Waals surface area contributed by atoms with E-state index in [1.54, 1.807) is 5.57 Å². The third-order valence-electron chi connectivity index (χ3n) is 8.15. The first-order valence-corrected chi connectivity index (χ1v) is 9.08. The molecule has 118 valence electrons.